The third kappa shape index (κ3) is 3.58. The van der Waals surface area contributed by atoms with Gasteiger partial charge in [0.2, 0.25) is 0 Å². The van der Waals surface area contributed by atoms with Gasteiger partial charge in [-0.1, -0.05) is 0 Å². The maximum Gasteiger partial charge on any atom is 0.269 e. The van der Waals surface area contributed by atoms with Gasteiger partial charge in [0.05, 0.1) is 10.6 Å². The first-order valence-corrected chi connectivity index (χ1v) is 8.89. The van der Waals surface area contributed by atoms with Gasteiger partial charge in [-0.3, -0.25) is 20.2 Å². The van der Waals surface area contributed by atoms with Gasteiger partial charge in [-0.25, -0.2) is 4.98 Å². The third-order valence-electron chi connectivity index (χ3n) is 3.90. The van der Waals surface area contributed by atoms with Crippen molar-refractivity contribution in [2.24, 2.45) is 0 Å². The van der Waals surface area contributed by atoms with Crippen molar-refractivity contribution in [2.45, 2.75) is 0 Å². The molecule has 0 saturated heterocycles. The highest BCUT2D eigenvalue weighted by molar-refractivity contribution is 7.14. The topological polar surface area (TPSA) is 104 Å². The average molecular weight is 383 g/mol. The molecule has 0 radical (unpaired) electrons. The van der Waals surface area contributed by atoms with Crippen molar-refractivity contribution in [3.05, 3.63) is 63.5 Å². The molecule has 0 saturated carbocycles. The molecule has 0 unspecified atom stereocenters. The van der Waals surface area contributed by atoms with Crippen LogP contribution in [0.3, 0.4) is 0 Å². The van der Waals surface area contributed by atoms with Crippen LogP contribution in [0.4, 0.5) is 10.8 Å². The number of fused-ring (bicyclic) bond motifs is 1. The van der Waals surface area contributed by atoms with Gasteiger partial charge in [-0.05, 0) is 30.3 Å². The lowest BCUT2D eigenvalue weighted by atomic mass is 10.1. The molecule has 0 fully saturated rings. The Balaban J connectivity index is 1.49. The Bertz CT molecular complexity index is 1020. The highest BCUT2D eigenvalue weighted by atomic mass is 32.1. The summed E-state index contributed by atoms with van der Waals surface area (Å²) in [5.74, 6) is 0.851. The van der Waals surface area contributed by atoms with Crippen LogP contribution in [0.15, 0.2) is 47.8 Å². The van der Waals surface area contributed by atoms with Gasteiger partial charge in [-0.15, -0.1) is 11.3 Å². The number of hydrogen-bond acceptors (Lipinski definition) is 7. The number of carbonyl (C=O) groups excluding carboxylic acids is 1. The number of ether oxygens (including phenoxy) is 2. The van der Waals surface area contributed by atoms with Crippen LogP contribution in [0.5, 0.6) is 11.5 Å². The number of carbonyl (C=O) groups is 1. The highest BCUT2D eigenvalue weighted by Gasteiger charge is 2.16. The van der Waals surface area contributed by atoms with Gasteiger partial charge in [0.25, 0.3) is 11.6 Å². The predicted octanol–water partition coefficient (Wildman–Crippen LogP) is 3.74. The summed E-state index contributed by atoms with van der Waals surface area (Å²) in [6.07, 6.45) is 0. The maximum atomic E-state index is 12.4. The molecule has 0 atom stereocenters. The van der Waals surface area contributed by atoms with Crippen molar-refractivity contribution >= 4 is 28.1 Å². The summed E-state index contributed by atoms with van der Waals surface area (Å²) in [7, 11) is 0. The monoisotopic (exact) mass is 383 g/mol. The van der Waals surface area contributed by atoms with E-state index >= 15 is 0 Å². The average Bonchev–Trinajstić information content (AvgIpc) is 3.16. The van der Waals surface area contributed by atoms with Crippen molar-refractivity contribution in [1.29, 1.82) is 0 Å². The lowest BCUT2D eigenvalue weighted by Crippen LogP contribution is -2.17. The van der Waals surface area contributed by atoms with Crippen LogP contribution in [0.25, 0.3) is 11.3 Å². The summed E-state index contributed by atoms with van der Waals surface area (Å²) in [5, 5.41) is 15.7. The smallest absolute Gasteiger partial charge is 0.269 e. The van der Waals surface area contributed by atoms with E-state index in [0.717, 1.165) is 5.56 Å². The Labute approximate surface area is 157 Å². The van der Waals surface area contributed by atoms with E-state index in [4.69, 9.17) is 9.47 Å². The Morgan fingerprint density at radius 3 is 2.59 bits per heavy atom. The second-order valence-electron chi connectivity index (χ2n) is 5.65. The first-order valence-electron chi connectivity index (χ1n) is 8.01. The van der Waals surface area contributed by atoms with E-state index in [1.165, 1.54) is 23.5 Å². The van der Waals surface area contributed by atoms with E-state index in [9.17, 15) is 14.9 Å². The molecule has 9 heteroatoms. The number of hydrogen-bond donors (Lipinski definition) is 1. The molecule has 0 spiro atoms. The molecule has 0 aliphatic carbocycles. The Morgan fingerprint density at radius 2 is 1.85 bits per heavy atom. The second-order valence-corrected chi connectivity index (χ2v) is 6.51. The van der Waals surface area contributed by atoms with Crippen molar-refractivity contribution in [2.75, 3.05) is 18.5 Å². The number of nitrogens with one attached hydrogen (secondary N) is 1. The number of amides is 1. The van der Waals surface area contributed by atoms with Crippen molar-refractivity contribution in [1.82, 2.24) is 4.98 Å². The molecule has 1 N–H and O–H groups in total. The molecule has 2 heterocycles. The number of non-ortho nitro benzene ring substituents is 1. The van der Waals surface area contributed by atoms with Crippen LogP contribution in [-0.4, -0.2) is 29.0 Å². The number of nitro benzene ring substituents is 1. The van der Waals surface area contributed by atoms with Crippen LogP contribution in [0.1, 0.15) is 10.4 Å². The SMILES string of the molecule is O=C(Nc1nc(-c2ccc([N+](=O)[O-])cc2)cs1)c1ccc2c(c1)OCCO2. The third-order valence-corrected chi connectivity index (χ3v) is 4.66. The van der Waals surface area contributed by atoms with Gasteiger partial charge in [0, 0.05) is 28.6 Å². The standard InChI is InChI=1S/C18H13N3O5S/c22-17(12-3-6-15-16(9-12)26-8-7-25-15)20-18-19-14(10-27-18)11-1-4-13(5-2-11)21(23)24/h1-6,9-10H,7-8H2,(H,19,20,22). The molecule has 1 amide bonds. The fraction of sp³-hybridized carbons (Fsp3) is 0.111. The van der Waals surface area contributed by atoms with E-state index in [-0.39, 0.29) is 11.6 Å². The molecule has 1 aliphatic rings. The van der Waals surface area contributed by atoms with Crippen LogP contribution in [0, 0.1) is 10.1 Å². The Morgan fingerprint density at radius 1 is 1.11 bits per heavy atom. The molecule has 8 nitrogen and oxygen atoms in total. The first-order chi connectivity index (χ1) is 13.1. The summed E-state index contributed by atoms with van der Waals surface area (Å²) in [5.41, 5.74) is 1.82. The molecular formula is C18H13N3O5S. The highest BCUT2D eigenvalue weighted by Crippen LogP contribution is 2.31. The minimum absolute atomic E-state index is 0.0149. The number of thiazole rings is 1. The summed E-state index contributed by atoms with van der Waals surface area (Å²) in [4.78, 5) is 27.1. The van der Waals surface area contributed by atoms with Gasteiger partial charge >= 0.3 is 0 Å². The van der Waals surface area contributed by atoms with Gasteiger partial charge in [-0.2, -0.15) is 0 Å². The van der Waals surface area contributed by atoms with E-state index in [1.54, 1.807) is 35.7 Å². The molecular weight excluding hydrogens is 370 g/mol. The van der Waals surface area contributed by atoms with Crippen LogP contribution in [0.2, 0.25) is 0 Å². The van der Waals surface area contributed by atoms with Crippen molar-refractivity contribution in [3.8, 4) is 22.8 Å². The summed E-state index contributed by atoms with van der Waals surface area (Å²) < 4.78 is 10.9. The molecule has 1 aliphatic heterocycles. The number of benzene rings is 2. The van der Waals surface area contributed by atoms with Gasteiger partial charge in [0.15, 0.2) is 16.6 Å². The number of nitrogens with zero attached hydrogens (tertiary/aromatic N) is 2. The number of anilines is 1. The molecule has 2 aromatic carbocycles. The minimum atomic E-state index is -0.455. The van der Waals surface area contributed by atoms with Crippen molar-refractivity contribution in [3.63, 3.8) is 0 Å². The largest absolute Gasteiger partial charge is 0.486 e. The number of nitro groups is 1. The minimum Gasteiger partial charge on any atom is -0.486 e. The normalized spacial score (nSPS) is 12.4. The predicted molar refractivity (Wildman–Crippen MR) is 99.6 cm³/mol. The fourth-order valence-electron chi connectivity index (χ4n) is 2.57. The molecule has 3 aromatic rings. The first kappa shape index (κ1) is 17.0. The summed E-state index contributed by atoms with van der Waals surface area (Å²) >= 11 is 1.27. The molecule has 1 aromatic heterocycles. The Kier molecular flexibility index (Phi) is 4.43. The lowest BCUT2D eigenvalue weighted by molar-refractivity contribution is -0.384. The van der Waals surface area contributed by atoms with Crippen molar-refractivity contribution < 1.29 is 19.2 Å². The second kappa shape index (κ2) is 7.04. The van der Waals surface area contributed by atoms with Crippen LogP contribution >= 0.6 is 11.3 Å². The molecule has 0 bridgehead atoms. The molecule has 27 heavy (non-hydrogen) atoms. The molecule has 4 rings (SSSR count). The number of aromatic nitrogens is 1. The quantitative estimate of drug-likeness (QED) is 0.544. The van der Waals surface area contributed by atoms with Crippen LogP contribution in [-0.2, 0) is 0 Å². The van der Waals surface area contributed by atoms with E-state index in [1.807, 2.05) is 0 Å². The van der Waals surface area contributed by atoms with E-state index < -0.39 is 4.92 Å². The molecule has 136 valence electrons. The van der Waals surface area contributed by atoms with E-state index in [2.05, 4.69) is 10.3 Å². The van der Waals surface area contributed by atoms with Gasteiger partial charge in [0.1, 0.15) is 13.2 Å². The number of rotatable bonds is 4. The van der Waals surface area contributed by atoms with Crippen LogP contribution < -0.4 is 14.8 Å². The maximum absolute atomic E-state index is 12.4. The zero-order chi connectivity index (χ0) is 18.8. The van der Waals surface area contributed by atoms with Gasteiger partial charge < -0.3 is 9.47 Å². The lowest BCUT2D eigenvalue weighted by Gasteiger charge is -2.18. The zero-order valence-corrected chi connectivity index (χ0v) is 14.7. The summed E-state index contributed by atoms with van der Waals surface area (Å²) in [6.45, 7) is 0.937. The fourth-order valence-corrected chi connectivity index (χ4v) is 3.29. The zero-order valence-electron chi connectivity index (χ0n) is 13.9. The Hall–Kier alpha value is -3.46. The van der Waals surface area contributed by atoms with E-state index in [0.29, 0.717) is 41.1 Å². The summed E-state index contributed by atoms with van der Waals surface area (Å²) in [6, 6.07) is 11.1.